The predicted molar refractivity (Wildman–Crippen MR) is 34.5 cm³/mol. The number of aliphatic carboxylic acids is 1. The number of hydrogen-bond acceptors (Lipinski definition) is 3. The Hall–Kier alpha value is 0.130. The van der Waals surface area contributed by atoms with Crippen molar-refractivity contribution in [2.75, 3.05) is 13.2 Å². The molecule has 0 rings (SSSR count). The van der Waals surface area contributed by atoms with Crippen molar-refractivity contribution in [2.24, 2.45) is 5.41 Å². The number of carbonyl (C=O) groups is 1. The van der Waals surface area contributed by atoms with Gasteiger partial charge in [0.05, 0.1) is 13.2 Å². The smallest absolute Gasteiger partial charge is 0.314 e. The van der Waals surface area contributed by atoms with Gasteiger partial charge in [-0.25, -0.2) is 0 Å². The molecule has 4 nitrogen and oxygen atoms in total. The molecule has 0 aliphatic rings. The van der Waals surface area contributed by atoms with Crippen molar-refractivity contribution in [3.05, 3.63) is 0 Å². The average molecular weight is 256 g/mol. The third-order valence-electron chi connectivity index (χ3n) is 1.74. The van der Waals surface area contributed by atoms with E-state index in [4.69, 9.17) is 15.3 Å². The summed E-state index contributed by atoms with van der Waals surface area (Å²) in [5.41, 5.74) is -1.35. The van der Waals surface area contributed by atoms with Gasteiger partial charge in [0.25, 0.3) is 0 Å². The van der Waals surface area contributed by atoms with Crippen LogP contribution in [0, 0.1) is 5.41 Å². The first-order valence-electron chi connectivity index (χ1n) is 3.08. The van der Waals surface area contributed by atoms with E-state index in [2.05, 4.69) is 0 Å². The maximum atomic E-state index is 10.4. The molecule has 0 fully saturated rings. The van der Waals surface area contributed by atoms with Crippen molar-refractivity contribution >= 4 is 5.97 Å². The summed E-state index contributed by atoms with van der Waals surface area (Å²) in [6.07, 6.45) is 0.231. The van der Waals surface area contributed by atoms with Crippen LogP contribution in [0.25, 0.3) is 0 Å². The van der Waals surface area contributed by atoms with Crippen LogP contribution in [0.15, 0.2) is 0 Å². The third-order valence-corrected chi connectivity index (χ3v) is 1.74. The molecule has 71 valence electrons. The molecule has 11 heavy (non-hydrogen) atoms. The molecule has 0 saturated heterocycles. The van der Waals surface area contributed by atoms with Gasteiger partial charge < -0.3 is 15.3 Å². The van der Waals surface area contributed by atoms with Gasteiger partial charge in [-0.1, -0.05) is 6.92 Å². The van der Waals surface area contributed by atoms with E-state index >= 15 is 0 Å². The van der Waals surface area contributed by atoms with Crippen molar-refractivity contribution in [1.29, 1.82) is 0 Å². The molecular weight excluding hydrogens is 244 g/mol. The van der Waals surface area contributed by atoms with Crippen LogP contribution < -0.4 is 0 Å². The second kappa shape index (κ2) is 5.74. The van der Waals surface area contributed by atoms with Crippen molar-refractivity contribution in [1.82, 2.24) is 0 Å². The minimum atomic E-state index is -1.35. The molecule has 0 bridgehead atoms. The van der Waals surface area contributed by atoms with Gasteiger partial charge in [-0.2, -0.15) is 0 Å². The van der Waals surface area contributed by atoms with Crippen LogP contribution in [0.1, 0.15) is 13.3 Å². The molecule has 0 aromatic heterocycles. The molecule has 3 N–H and O–H groups in total. The molecule has 0 aromatic carbocycles. The zero-order valence-electron chi connectivity index (χ0n) is 6.17. The molecular formula is C6H12AgO4. The first-order chi connectivity index (χ1) is 4.63. The predicted octanol–water partition coefficient (Wildman–Crippen LogP) is -0.551. The second-order valence-corrected chi connectivity index (χ2v) is 2.26. The molecule has 0 saturated carbocycles. The Kier molecular flexibility index (Phi) is 7.15. The van der Waals surface area contributed by atoms with Crippen molar-refractivity contribution in [3.63, 3.8) is 0 Å². The minimum Gasteiger partial charge on any atom is -0.481 e. The number of aliphatic hydroxyl groups is 2. The van der Waals surface area contributed by atoms with Crippen molar-refractivity contribution in [2.45, 2.75) is 13.3 Å². The average Bonchev–Trinajstić information content (AvgIpc) is 1.92. The Labute approximate surface area is 80.7 Å². The molecule has 0 atom stereocenters. The fourth-order valence-electron chi connectivity index (χ4n) is 0.560. The Morgan fingerprint density at radius 3 is 1.73 bits per heavy atom. The summed E-state index contributed by atoms with van der Waals surface area (Å²) < 4.78 is 0. The fraction of sp³-hybridized carbons (Fsp3) is 0.833. The Bertz CT molecular complexity index is 113. The van der Waals surface area contributed by atoms with E-state index in [9.17, 15) is 4.79 Å². The zero-order valence-corrected chi connectivity index (χ0v) is 7.65. The standard InChI is InChI=1S/C6H12O4.Ag/c1-2-6(3-7,4-8)5(9)10;/h7-8H,2-4H2,1H3,(H,9,10);. The molecule has 0 aliphatic carbocycles. The summed E-state index contributed by atoms with van der Waals surface area (Å²) in [5.74, 6) is -1.15. The topological polar surface area (TPSA) is 77.8 Å². The maximum Gasteiger partial charge on any atom is 0.314 e. The largest absolute Gasteiger partial charge is 0.481 e. The van der Waals surface area contributed by atoms with Crippen molar-refractivity contribution < 1.29 is 42.5 Å². The van der Waals surface area contributed by atoms with E-state index in [1.807, 2.05) is 0 Å². The number of aliphatic hydroxyl groups excluding tert-OH is 2. The van der Waals surface area contributed by atoms with Crippen LogP contribution >= 0.6 is 0 Å². The molecule has 5 heteroatoms. The van der Waals surface area contributed by atoms with E-state index in [1.165, 1.54) is 0 Å². The van der Waals surface area contributed by atoms with Gasteiger partial charge in [0.15, 0.2) is 0 Å². The summed E-state index contributed by atoms with van der Waals surface area (Å²) in [7, 11) is 0. The monoisotopic (exact) mass is 255 g/mol. The quantitative estimate of drug-likeness (QED) is 0.590. The normalized spacial score (nSPS) is 10.5. The van der Waals surface area contributed by atoms with Gasteiger partial charge in [0.1, 0.15) is 5.41 Å². The van der Waals surface area contributed by atoms with Gasteiger partial charge in [-0.05, 0) is 6.42 Å². The number of carboxylic acid groups (broad SMARTS) is 1. The Balaban J connectivity index is 0. The molecule has 0 amide bonds. The molecule has 0 aliphatic heterocycles. The summed E-state index contributed by atoms with van der Waals surface area (Å²) in [4.78, 5) is 10.4. The van der Waals surface area contributed by atoms with Gasteiger partial charge >= 0.3 is 5.97 Å². The molecule has 0 unspecified atom stereocenters. The van der Waals surface area contributed by atoms with Crippen LogP contribution in [0.5, 0.6) is 0 Å². The van der Waals surface area contributed by atoms with Crippen LogP contribution in [0.2, 0.25) is 0 Å². The maximum absolute atomic E-state index is 10.4. The molecule has 0 aromatic rings. The van der Waals surface area contributed by atoms with E-state index in [-0.39, 0.29) is 28.8 Å². The first-order valence-corrected chi connectivity index (χ1v) is 3.08. The van der Waals surface area contributed by atoms with Gasteiger partial charge in [-0.15, -0.1) is 0 Å². The van der Waals surface area contributed by atoms with Gasteiger partial charge in [0.2, 0.25) is 0 Å². The summed E-state index contributed by atoms with van der Waals surface area (Å²) in [6.45, 7) is 0.575. The van der Waals surface area contributed by atoms with E-state index < -0.39 is 24.6 Å². The zero-order chi connectivity index (χ0) is 8.20. The summed E-state index contributed by atoms with van der Waals surface area (Å²) in [5, 5.41) is 25.7. The Morgan fingerprint density at radius 2 is 1.73 bits per heavy atom. The molecule has 0 heterocycles. The van der Waals surface area contributed by atoms with Crippen LogP contribution in [-0.4, -0.2) is 34.5 Å². The second-order valence-electron chi connectivity index (χ2n) is 2.26. The van der Waals surface area contributed by atoms with E-state index in [0.29, 0.717) is 0 Å². The SMILES string of the molecule is CCC(CO)(CO)C(=O)O.[Ag]. The van der Waals surface area contributed by atoms with Crippen LogP contribution in [0.3, 0.4) is 0 Å². The number of hydrogen-bond donors (Lipinski definition) is 3. The molecule has 0 spiro atoms. The molecule has 1 radical (unpaired) electrons. The fourth-order valence-corrected chi connectivity index (χ4v) is 0.560. The third kappa shape index (κ3) is 2.93. The first kappa shape index (κ1) is 13.7. The van der Waals surface area contributed by atoms with Gasteiger partial charge in [0, 0.05) is 22.4 Å². The van der Waals surface area contributed by atoms with Crippen molar-refractivity contribution in [3.8, 4) is 0 Å². The minimum absolute atomic E-state index is 0. The van der Waals surface area contributed by atoms with Crippen LogP contribution in [-0.2, 0) is 27.2 Å². The van der Waals surface area contributed by atoms with Crippen LogP contribution in [0.4, 0.5) is 0 Å². The number of carboxylic acids is 1. The number of rotatable bonds is 4. The Morgan fingerprint density at radius 1 is 1.36 bits per heavy atom. The summed E-state index contributed by atoms with van der Waals surface area (Å²) >= 11 is 0. The van der Waals surface area contributed by atoms with E-state index in [1.54, 1.807) is 6.92 Å². The van der Waals surface area contributed by atoms with Gasteiger partial charge in [-0.3, -0.25) is 4.79 Å². The summed E-state index contributed by atoms with van der Waals surface area (Å²) in [6, 6.07) is 0. The van der Waals surface area contributed by atoms with E-state index in [0.717, 1.165) is 0 Å².